The quantitative estimate of drug-likeness (QED) is 0.817. The zero-order valence-electron chi connectivity index (χ0n) is 14.2. The maximum Gasteiger partial charge on any atom is 0.335 e. The lowest BCUT2D eigenvalue weighted by Crippen LogP contribution is -2.35. The van der Waals surface area contributed by atoms with Crippen molar-refractivity contribution in [1.29, 1.82) is 0 Å². The van der Waals surface area contributed by atoms with Gasteiger partial charge in [-0.25, -0.2) is 4.79 Å². The van der Waals surface area contributed by atoms with E-state index in [4.69, 9.17) is 5.11 Å². The molecule has 0 radical (unpaired) electrons. The van der Waals surface area contributed by atoms with Gasteiger partial charge in [0.25, 0.3) is 0 Å². The molecule has 2 heterocycles. The number of aromatic carboxylic acids is 1. The predicted molar refractivity (Wildman–Crippen MR) is 100 cm³/mol. The summed E-state index contributed by atoms with van der Waals surface area (Å²) in [6.45, 7) is 1.25. The lowest BCUT2D eigenvalue weighted by atomic mass is 10.0. The van der Waals surface area contributed by atoms with Crippen LogP contribution in [-0.4, -0.2) is 28.6 Å². The summed E-state index contributed by atoms with van der Waals surface area (Å²) in [6.07, 6.45) is 6.74. The number of carbonyl (C=O) groups is 1. The van der Waals surface area contributed by atoms with Gasteiger partial charge in [0.05, 0.1) is 5.56 Å². The van der Waals surface area contributed by atoms with Gasteiger partial charge in [0.2, 0.25) is 0 Å². The fourth-order valence-corrected chi connectivity index (χ4v) is 4.99. The molecule has 130 valence electrons. The number of rotatable bonds is 4. The van der Waals surface area contributed by atoms with Gasteiger partial charge in [-0.1, -0.05) is 30.3 Å². The first kappa shape index (κ1) is 16.7. The zero-order chi connectivity index (χ0) is 17.2. The molecule has 2 aromatic carbocycles. The van der Waals surface area contributed by atoms with Crippen LogP contribution in [0.25, 0.3) is 0 Å². The van der Waals surface area contributed by atoms with E-state index in [1.165, 1.54) is 49.1 Å². The molecule has 2 atom stereocenters. The average Bonchev–Trinajstić information content (AvgIpc) is 3.07. The summed E-state index contributed by atoms with van der Waals surface area (Å²) < 4.78 is 0. The van der Waals surface area contributed by atoms with Crippen molar-refractivity contribution in [1.82, 2.24) is 4.90 Å². The smallest absolute Gasteiger partial charge is 0.335 e. The van der Waals surface area contributed by atoms with Gasteiger partial charge in [-0.2, -0.15) is 0 Å². The van der Waals surface area contributed by atoms with Crippen LogP contribution in [0.15, 0.2) is 58.3 Å². The van der Waals surface area contributed by atoms with Crippen LogP contribution >= 0.6 is 11.8 Å². The third-order valence-electron chi connectivity index (χ3n) is 5.45. The molecule has 2 aliphatic rings. The Balaban J connectivity index is 1.44. The SMILES string of the molecule is O=C(O)c1ccc(Sc2ccc([C@H]3CC[C@H]4CCCCN43)cc2)cc1. The highest BCUT2D eigenvalue weighted by Gasteiger charge is 2.35. The summed E-state index contributed by atoms with van der Waals surface area (Å²) in [6, 6.07) is 17.4. The van der Waals surface area contributed by atoms with Crippen LogP contribution in [0.1, 0.15) is 54.1 Å². The molecule has 2 aliphatic heterocycles. The fraction of sp³-hybridized carbons (Fsp3) is 0.381. The molecule has 4 rings (SSSR count). The Hall–Kier alpha value is -1.78. The molecule has 0 spiro atoms. The molecule has 0 aliphatic carbocycles. The van der Waals surface area contributed by atoms with Crippen molar-refractivity contribution in [3.8, 4) is 0 Å². The van der Waals surface area contributed by atoms with Gasteiger partial charge in [-0.3, -0.25) is 4.90 Å². The fourth-order valence-electron chi connectivity index (χ4n) is 4.18. The normalized spacial score (nSPS) is 23.4. The molecule has 0 aromatic heterocycles. The molecular weight excluding hydrogens is 330 g/mol. The van der Waals surface area contributed by atoms with E-state index in [1.54, 1.807) is 23.9 Å². The van der Waals surface area contributed by atoms with Crippen LogP contribution < -0.4 is 0 Å². The molecule has 0 unspecified atom stereocenters. The highest BCUT2D eigenvalue weighted by Crippen LogP contribution is 2.40. The summed E-state index contributed by atoms with van der Waals surface area (Å²) >= 11 is 1.68. The van der Waals surface area contributed by atoms with E-state index in [0.29, 0.717) is 11.6 Å². The molecule has 2 saturated heterocycles. The van der Waals surface area contributed by atoms with E-state index in [9.17, 15) is 4.79 Å². The van der Waals surface area contributed by atoms with Crippen molar-refractivity contribution in [2.75, 3.05) is 6.54 Å². The molecule has 0 amide bonds. The second-order valence-corrected chi connectivity index (χ2v) is 8.13. The van der Waals surface area contributed by atoms with E-state index in [0.717, 1.165) is 10.9 Å². The van der Waals surface area contributed by atoms with E-state index in [2.05, 4.69) is 29.2 Å². The minimum atomic E-state index is -0.881. The second-order valence-electron chi connectivity index (χ2n) is 6.98. The third-order valence-corrected chi connectivity index (χ3v) is 6.46. The third kappa shape index (κ3) is 3.60. The number of hydrogen-bond donors (Lipinski definition) is 1. The lowest BCUT2D eigenvalue weighted by Gasteiger charge is -2.34. The van der Waals surface area contributed by atoms with Crippen molar-refractivity contribution in [3.63, 3.8) is 0 Å². The Morgan fingerprint density at radius 1 is 0.920 bits per heavy atom. The average molecular weight is 353 g/mol. The van der Waals surface area contributed by atoms with Gasteiger partial charge < -0.3 is 5.11 Å². The van der Waals surface area contributed by atoms with Crippen molar-refractivity contribution < 1.29 is 9.90 Å². The Morgan fingerprint density at radius 2 is 1.60 bits per heavy atom. The van der Waals surface area contributed by atoms with Crippen LogP contribution in [0.5, 0.6) is 0 Å². The van der Waals surface area contributed by atoms with Crippen molar-refractivity contribution >= 4 is 17.7 Å². The standard InChI is InChI=1S/C21H23NO2S/c23-21(24)16-6-11-19(12-7-16)25-18-9-4-15(5-10-18)20-13-8-17-3-1-2-14-22(17)20/h4-7,9-12,17,20H,1-3,8,13-14H2,(H,23,24)/t17-,20-/m1/s1. The molecule has 0 bridgehead atoms. The minimum absolute atomic E-state index is 0.331. The Kier molecular flexibility index (Phi) is 4.82. The van der Waals surface area contributed by atoms with Crippen LogP contribution in [0, 0.1) is 0 Å². The van der Waals surface area contributed by atoms with Crippen molar-refractivity contribution in [2.45, 2.75) is 54.0 Å². The van der Waals surface area contributed by atoms with Crippen LogP contribution in [0.3, 0.4) is 0 Å². The van der Waals surface area contributed by atoms with Crippen LogP contribution in [0.2, 0.25) is 0 Å². The van der Waals surface area contributed by atoms with Gasteiger partial charge >= 0.3 is 5.97 Å². The number of fused-ring (bicyclic) bond motifs is 1. The van der Waals surface area contributed by atoms with E-state index >= 15 is 0 Å². The van der Waals surface area contributed by atoms with Gasteiger partial charge in [0.15, 0.2) is 0 Å². The molecular formula is C21H23NO2S. The highest BCUT2D eigenvalue weighted by atomic mass is 32.2. The number of piperidine rings is 1. The topological polar surface area (TPSA) is 40.5 Å². The van der Waals surface area contributed by atoms with Crippen molar-refractivity contribution in [3.05, 3.63) is 59.7 Å². The number of hydrogen-bond acceptors (Lipinski definition) is 3. The minimum Gasteiger partial charge on any atom is -0.478 e. The molecule has 2 fully saturated rings. The Morgan fingerprint density at radius 3 is 2.28 bits per heavy atom. The number of carboxylic acids is 1. The molecule has 0 saturated carbocycles. The Bertz CT molecular complexity index is 741. The second kappa shape index (κ2) is 7.22. The summed E-state index contributed by atoms with van der Waals surface area (Å²) in [5.41, 5.74) is 1.77. The van der Waals surface area contributed by atoms with E-state index < -0.39 is 5.97 Å². The maximum absolute atomic E-state index is 10.9. The number of nitrogens with zero attached hydrogens (tertiary/aromatic N) is 1. The predicted octanol–water partition coefficient (Wildman–Crippen LogP) is 5.23. The maximum atomic E-state index is 10.9. The lowest BCUT2D eigenvalue weighted by molar-refractivity contribution is 0.0697. The van der Waals surface area contributed by atoms with E-state index in [-0.39, 0.29) is 0 Å². The first-order valence-corrected chi connectivity index (χ1v) is 9.89. The van der Waals surface area contributed by atoms with Crippen molar-refractivity contribution in [2.24, 2.45) is 0 Å². The highest BCUT2D eigenvalue weighted by molar-refractivity contribution is 7.99. The largest absolute Gasteiger partial charge is 0.478 e. The zero-order valence-corrected chi connectivity index (χ0v) is 15.0. The molecule has 25 heavy (non-hydrogen) atoms. The summed E-state index contributed by atoms with van der Waals surface area (Å²) in [7, 11) is 0. The molecule has 2 aromatic rings. The summed E-state index contributed by atoms with van der Waals surface area (Å²) in [5, 5.41) is 8.97. The first-order chi connectivity index (χ1) is 12.2. The molecule has 1 N–H and O–H groups in total. The van der Waals surface area contributed by atoms with Gasteiger partial charge in [-0.05, 0) is 74.2 Å². The van der Waals surface area contributed by atoms with Gasteiger partial charge in [-0.15, -0.1) is 0 Å². The number of carboxylic acid groups (broad SMARTS) is 1. The van der Waals surface area contributed by atoms with Gasteiger partial charge in [0.1, 0.15) is 0 Å². The molecule has 3 nitrogen and oxygen atoms in total. The Labute approximate surface area is 153 Å². The molecule has 4 heteroatoms. The van der Waals surface area contributed by atoms with E-state index in [1.807, 2.05) is 12.1 Å². The first-order valence-electron chi connectivity index (χ1n) is 9.07. The summed E-state index contributed by atoms with van der Waals surface area (Å²) in [4.78, 5) is 15.9. The summed E-state index contributed by atoms with van der Waals surface area (Å²) in [5.74, 6) is -0.881. The monoisotopic (exact) mass is 353 g/mol. The number of benzene rings is 2. The van der Waals surface area contributed by atoms with Gasteiger partial charge in [0, 0.05) is 21.9 Å². The van der Waals surface area contributed by atoms with Crippen LogP contribution in [0.4, 0.5) is 0 Å². The van der Waals surface area contributed by atoms with Crippen LogP contribution in [-0.2, 0) is 0 Å².